The van der Waals surface area contributed by atoms with Gasteiger partial charge < -0.3 is 9.64 Å². The molecule has 34 heavy (non-hydrogen) atoms. The van der Waals surface area contributed by atoms with E-state index < -0.39 is 16.0 Å². The van der Waals surface area contributed by atoms with Crippen molar-refractivity contribution in [3.63, 3.8) is 0 Å². The van der Waals surface area contributed by atoms with Crippen LogP contribution in [0.1, 0.15) is 82.0 Å². The summed E-state index contributed by atoms with van der Waals surface area (Å²) in [7, 11) is -3.66. The molecular formula is C26H38N2O5S. The second kappa shape index (κ2) is 10.8. The Morgan fingerprint density at radius 2 is 1.47 bits per heavy atom. The van der Waals surface area contributed by atoms with E-state index in [0.29, 0.717) is 43.6 Å². The molecule has 0 N–H and O–H groups in total. The number of benzene rings is 1. The zero-order chi connectivity index (χ0) is 24.3. The van der Waals surface area contributed by atoms with Crippen LogP contribution in [0.2, 0.25) is 0 Å². The number of piperidine rings is 1. The summed E-state index contributed by atoms with van der Waals surface area (Å²) in [6, 6.07) is 6.66. The molecule has 4 rings (SSSR count). The number of esters is 1. The highest BCUT2D eigenvalue weighted by atomic mass is 32.2. The largest absolute Gasteiger partial charge is 0.462 e. The fraction of sp³-hybridized carbons (Fsp3) is 0.692. The van der Waals surface area contributed by atoms with E-state index in [9.17, 15) is 18.0 Å². The quantitative estimate of drug-likeness (QED) is 0.510. The van der Waals surface area contributed by atoms with Gasteiger partial charge in [0.2, 0.25) is 15.9 Å². The van der Waals surface area contributed by atoms with Gasteiger partial charge in [0.1, 0.15) is 0 Å². The number of ether oxygens (including phenoxy) is 1. The van der Waals surface area contributed by atoms with Crippen molar-refractivity contribution in [3.05, 3.63) is 29.8 Å². The van der Waals surface area contributed by atoms with Gasteiger partial charge in [-0.15, -0.1) is 0 Å². The Labute approximate surface area is 203 Å². The molecule has 3 fully saturated rings. The minimum absolute atomic E-state index is 0.0952. The highest BCUT2D eigenvalue weighted by molar-refractivity contribution is 7.89. The Kier molecular flexibility index (Phi) is 7.97. The van der Waals surface area contributed by atoms with Crippen molar-refractivity contribution >= 4 is 21.9 Å². The molecule has 0 unspecified atom stereocenters. The first-order valence-electron chi connectivity index (χ1n) is 12.9. The maximum atomic E-state index is 13.5. The predicted molar refractivity (Wildman–Crippen MR) is 130 cm³/mol. The molecule has 2 saturated carbocycles. The van der Waals surface area contributed by atoms with Crippen molar-refractivity contribution < 1.29 is 22.7 Å². The summed E-state index contributed by atoms with van der Waals surface area (Å²) >= 11 is 0. The maximum absolute atomic E-state index is 13.5. The zero-order valence-corrected chi connectivity index (χ0v) is 21.3. The molecule has 1 aliphatic heterocycles. The van der Waals surface area contributed by atoms with Gasteiger partial charge >= 0.3 is 5.97 Å². The highest BCUT2D eigenvalue weighted by Crippen LogP contribution is 2.38. The lowest BCUT2D eigenvalue weighted by Crippen LogP contribution is -2.49. The Balaban J connectivity index is 1.36. The molecule has 0 atom stereocenters. The smallest absolute Gasteiger partial charge is 0.338 e. The summed E-state index contributed by atoms with van der Waals surface area (Å²) in [4.78, 5) is 27.7. The fourth-order valence-corrected chi connectivity index (χ4v) is 6.99. The molecule has 0 aromatic heterocycles. The highest BCUT2D eigenvalue weighted by Gasteiger charge is 2.42. The van der Waals surface area contributed by atoms with Crippen LogP contribution >= 0.6 is 0 Å². The van der Waals surface area contributed by atoms with Crippen LogP contribution in [-0.2, 0) is 19.6 Å². The average molecular weight is 491 g/mol. The van der Waals surface area contributed by atoms with Crippen molar-refractivity contribution in [1.29, 1.82) is 0 Å². The van der Waals surface area contributed by atoms with Crippen molar-refractivity contribution in [3.8, 4) is 0 Å². The zero-order valence-electron chi connectivity index (χ0n) is 20.4. The van der Waals surface area contributed by atoms with Gasteiger partial charge in [-0.3, -0.25) is 4.79 Å². The summed E-state index contributed by atoms with van der Waals surface area (Å²) in [5.74, 6) is 0.488. The molecule has 1 heterocycles. The first-order chi connectivity index (χ1) is 16.3. The molecule has 8 heteroatoms. The third kappa shape index (κ3) is 5.48. The van der Waals surface area contributed by atoms with Crippen LogP contribution in [0, 0.1) is 11.8 Å². The number of rotatable bonds is 8. The number of nitrogens with zero attached hydrogens (tertiary/aromatic N) is 2. The van der Waals surface area contributed by atoms with Gasteiger partial charge in [-0.2, -0.15) is 4.31 Å². The Bertz CT molecular complexity index is 957. The van der Waals surface area contributed by atoms with E-state index in [4.69, 9.17) is 4.74 Å². The van der Waals surface area contributed by atoms with Crippen molar-refractivity contribution in [2.45, 2.75) is 88.6 Å². The third-order valence-electron chi connectivity index (χ3n) is 7.79. The predicted octanol–water partition coefficient (Wildman–Crippen LogP) is 4.22. The number of hydrogen-bond donors (Lipinski definition) is 0. The summed E-state index contributed by atoms with van der Waals surface area (Å²) in [6.45, 7) is 4.95. The molecule has 2 aliphatic carbocycles. The minimum Gasteiger partial charge on any atom is -0.462 e. The lowest BCUT2D eigenvalue weighted by Gasteiger charge is -2.40. The lowest BCUT2D eigenvalue weighted by molar-refractivity contribution is -0.140. The molecule has 0 radical (unpaired) electrons. The maximum Gasteiger partial charge on any atom is 0.338 e. The molecule has 0 bridgehead atoms. The van der Waals surface area contributed by atoms with E-state index in [1.54, 1.807) is 6.92 Å². The van der Waals surface area contributed by atoms with Crippen molar-refractivity contribution in [2.75, 3.05) is 19.7 Å². The van der Waals surface area contributed by atoms with Gasteiger partial charge in [-0.25, -0.2) is 13.2 Å². The number of carbonyl (C=O) groups is 2. The molecule has 188 valence electrons. The van der Waals surface area contributed by atoms with Crippen molar-refractivity contribution in [2.24, 2.45) is 11.8 Å². The SMILES string of the molecule is CCOC(=O)c1ccc(S(=O)(=O)N2CCC(C(=O)N(C3CCC(CC)CC3)C3CC3)CC2)cc1. The van der Waals surface area contributed by atoms with E-state index in [1.807, 2.05) is 0 Å². The van der Waals surface area contributed by atoms with E-state index in [-0.39, 0.29) is 23.3 Å². The lowest BCUT2D eigenvalue weighted by atomic mass is 9.83. The summed E-state index contributed by atoms with van der Waals surface area (Å²) in [5, 5.41) is 0. The summed E-state index contributed by atoms with van der Waals surface area (Å²) in [6.07, 6.45) is 9.20. The molecule has 3 aliphatic rings. The second-order valence-electron chi connectivity index (χ2n) is 9.98. The number of amides is 1. The van der Waals surface area contributed by atoms with Gasteiger partial charge in [0.15, 0.2) is 0 Å². The second-order valence-corrected chi connectivity index (χ2v) is 11.9. The molecule has 0 spiro atoms. The van der Waals surface area contributed by atoms with E-state index in [2.05, 4.69) is 11.8 Å². The van der Waals surface area contributed by atoms with Crippen LogP contribution in [0.3, 0.4) is 0 Å². The topological polar surface area (TPSA) is 84.0 Å². The normalized spacial score (nSPS) is 24.5. The fourth-order valence-electron chi connectivity index (χ4n) is 5.52. The molecule has 7 nitrogen and oxygen atoms in total. The molecule has 1 saturated heterocycles. The Morgan fingerprint density at radius 1 is 0.912 bits per heavy atom. The van der Waals surface area contributed by atoms with Crippen LogP contribution in [0.4, 0.5) is 0 Å². The molecule has 1 aromatic carbocycles. The molecule has 1 aromatic rings. The van der Waals surface area contributed by atoms with Crippen LogP contribution in [-0.4, -0.2) is 61.3 Å². The Morgan fingerprint density at radius 3 is 1.97 bits per heavy atom. The van der Waals surface area contributed by atoms with E-state index in [1.165, 1.54) is 47.8 Å². The summed E-state index contributed by atoms with van der Waals surface area (Å²) < 4.78 is 32.7. The average Bonchev–Trinajstić information content (AvgIpc) is 3.70. The number of sulfonamides is 1. The van der Waals surface area contributed by atoms with Gasteiger partial charge in [0.25, 0.3) is 0 Å². The number of carbonyl (C=O) groups excluding carboxylic acids is 2. The van der Waals surface area contributed by atoms with Crippen LogP contribution in [0.15, 0.2) is 29.2 Å². The third-order valence-corrected chi connectivity index (χ3v) is 9.70. The monoisotopic (exact) mass is 490 g/mol. The van der Waals surface area contributed by atoms with Gasteiger partial charge in [0.05, 0.1) is 17.1 Å². The van der Waals surface area contributed by atoms with Crippen LogP contribution < -0.4 is 0 Å². The van der Waals surface area contributed by atoms with Gasteiger partial charge in [-0.05, 0) is 88.5 Å². The van der Waals surface area contributed by atoms with Gasteiger partial charge in [0, 0.05) is 31.1 Å². The van der Waals surface area contributed by atoms with Crippen LogP contribution in [0.25, 0.3) is 0 Å². The van der Waals surface area contributed by atoms with Gasteiger partial charge in [-0.1, -0.05) is 13.3 Å². The van der Waals surface area contributed by atoms with E-state index in [0.717, 1.165) is 31.6 Å². The number of hydrogen-bond acceptors (Lipinski definition) is 5. The van der Waals surface area contributed by atoms with E-state index >= 15 is 0 Å². The Hall–Kier alpha value is -1.93. The van der Waals surface area contributed by atoms with Crippen molar-refractivity contribution in [1.82, 2.24) is 9.21 Å². The molecule has 1 amide bonds. The standard InChI is InChI=1S/C26H38N2O5S/c1-3-19-5-9-22(10-6-19)28(23-11-12-23)25(29)20-15-17-27(18-16-20)34(31,32)24-13-7-21(8-14-24)26(30)33-4-2/h7-8,13-14,19-20,22-23H,3-6,9-12,15-18H2,1-2H3. The first-order valence-corrected chi connectivity index (χ1v) is 14.4. The minimum atomic E-state index is -3.66. The summed E-state index contributed by atoms with van der Waals surface area (Å²) in [5.41, 5.74) is 0.332. The molecular weight excluding hydrogens is 452 g/mol. The first kappa shape index (κ1) is 25.2. The van der Waals surface area contributed by atoms with Crippen LogP contribution in [0.5, 0.6) is 0 Å².